The average Bonchev–Trinajstić information content (AvgIpc) is 2.60. The van der Waals surface area contributed by atoms with E-state index in [-0.39, 0.29) is 18.6 Å². The SMILES string of the molecule is CCCCC(CC)COC(=O)CC[P+](=O)OCC(CC)CCCC. The van der Waals surface area contributed by atoms with Gasteiger partial charge in [0, 0.05) is 0 Å². The molecular formula is C19H38O4P+. The number of hydrogen-bond acceptors (Lipinski definition) is 4. The summed E-state index contributed by atoms with van der Waals surface area (Å²) in [5.41, 5.74) is 0. The van der Waals surface area contributed by atoms with Gasteiger partial charge in [0.2, 0.25) is 0 Å². The number of esters is 1. The molecule has 142 valence electrons. The molecule has 0 aromatic carbocycles. The third kappa shape index (κ3) is 12.9. The zero-order valence-electron chi connectivity index (χ0n) is 16.2. The van der Waals surface area contributed by atoms with Gasteiger partial charge in [-0.15, -0.1) is 4.52 Å². The lowest BCUT2D eigenvalue weighted by Crippen LogP contribution is -2.14. The zero-order valence-corrected chi connectivity index (χ0v) is 17.1. The maximum atomic E-state index is 11.9. The van der Waals surface area contributed by atoms with E-state index in [0.29, 0.717) is 25.0 Å². The van der Waals surface area contributed by atoms with Crippen molar-refractivity contribution in [1.82, 2.24) is 0 Å². The van der Waals surface area contributed by atoms with Gasteiger partial charge in [-0.3, -0.25) is 4.79 Å². The lowest BCUT2D eigenvalue weighted by atomic mass is 10.0. The van der Waals surface area contributed by atoms with Crippen LogP contribution in [0.5, 0.6) is 0 Å². The van der Waals surface area contributed by atoms with Crippen molar-refractivity contribution in [2.75, 3.05) is 19.4 Å². The minimum Gasteiger partial charge on any atom is -0.465 e. The second-order valence-electron chi connectivity index (χ2n) is 6.62. The maximum absolute atomic E-state index is 11.9. The molecule has 0 aromatic rings. The Hall–Kier alpha value is -0.470. The van der Waals surface area contributed by atoms with E-state index >= 15 is 0 Å². The molecule has 0 saturated carbocycles. The van der Waals surface area contributed by atoms with Gasteiger partial charge in [0.25, 0.3) is 0 Å². The van der Waals surface area contributed by atoms with E-state index in [9.17, 15) is 9.36 Å². The van der Waals surface area contributed by atoms with E-state index in [4.69, 9.17) is 9.26 Å². The van der Waals surface area contributed by atoms with Crippen molar-refractivity contribution in [3.8, 4) is 0 Å². The Morgan fingerprint density at radius 2 is 1.46 bits per heavy atom. The van der Waals surface area contributed by atoms with Crippen LogP contribution in [0.2, 0.25) is 0 Å². The molecule has 0 bridgehead atoms. The first kappa shape index (κ1) is 23.5. The van der Waals surface area contributed by atoms with Crippen molar-refractivity contribution < 1.29 is 18.6 Å². The summed E-state index contributed by atoms with van der Waals surface area (Å²) < 4.78 is 22.7. The molecule has 5 heteroatoms. The van der Waals surface area contributed by atoms with Gasteiger partial charge in [-0.05, 0) is 29.2 Å². The van der Waals surface area contributed by atoms with Gasteiger partial charge >= 0.3 is 14.0 Å². The summed E-state index contributed by atoms with van der Waals surface area (Å²) in [5, 5.41) is 0. The fourth-order valence-corrected chi connectivity index (χ4v) is 3.39. The van der Waals surface area contributed by atoms with Crippen molar-refractivity contribution in [3.05, 3.63) is 0 Å². The molecule has 0 rings (SSSR count). The molecule has 0 aromatic heterocycles. The van der Waals surface area contributed by atoms with Gasteiger partial charge in [0.05, 0.1) is 13.0 Å². The van der Waals surface area contributed by atoms with Crippen LogP contribution in [0.1, 0.15) is 85.5 Å². The number of carbonyl (C=O) groups is 1. The normalized spacial score (nSPS) is 14.2. The molecular weight excluding hydrogens is 323 g/mol. The van der Waals surface area contributed by atoms with Crippen LogP contribution in [0.15, 0.2) is 0 Å². The Morgan fingerprint density at radius 3 is 1.96 bits per heavy atom. The second kappa shape index (κ2) is 16.0. The minimum absolute atomic E-state index is 0.186. The standard InChI is InChI=1S/C19H38O4P/c1-5-9-11-17(7-3)15-22-19(20)13-14-24(21)23-16-18(8-4)12-10-6-2/h17-18H,5-16H2,1-4H3/q+1. The highest BCUT2D eigenvalue weighted by atomic mass is 31.1. The van der Waals surface area contributed by atoms with Gasteiger partial charge < -0.3 is 4.74 Å². The number of unbranched alkanes of at least 4 members (excludes halogenated alkanes) is 2. The van der Waals surface area contributed by atoms with Crippen molar-refractivity contribution in [1.29, 1.82) is 0 Å². The van der Waals surface area contributed by atoms with Crippen molar-refractivity contribution in [3.63, 3.8) is 0 Å². The molecule has 0 amide bonds. The molecule has 0 saturated heterocycles. The quantitative estimate of drug-likeness (QED) is 0.246. The molecule has 3 atom stereocenters. The largest absolute Gasteiger partial charge is 0.508 e. The van der Waals surface area contributed by atoms with Crippen LogP contribution in [-0.4, -0.2) is 25.3 Å². The van der Waals surface area contributed by atoms with Crippen molar-refractivity contribution in [2.24, 2.45) is 11.8 Å². The van der Waals surface area contributed by atoms with Crippen LogP contribution in [0, 0.1) is 11.8 Å². The van der Waals surface area contributed by atoms with Gasteiger partial charge in [0.15, 0.2) is 6.16 Å². The summed E-state index contributed by atoms with van der Waals surface area (Å²) in [6.45, 7) is 9.63. The van der Waals surface area contributed by atoms with E-state index in [2.05, 4.69) is 27.7 Å². The Bertz CT molecular complexity index is 301. The molecule has 0 aliphatic carbocycles. The fourth-order valence-electron chi connectivity index (χ4n) is 2.51. The highest BCUT2D eigenvalue weighted by Gasteiger charge is 2.22. The third-order valence-corrected chi connectivity index (χ3v) is 5.55. The summed E-state index contributed by atoms with van der Waals surface area (Å²) in [7, 11) is -1.76. The first-order valence-electron chi connectivity index (χ1n) is 9.80. The lowest BCUT2D eigenvalue weighted by molar-refractivity contribution is -0.144. The van der Waals surface area contributed by atoms with Gasteiger partial charge in [-0.2, -0.15) is 0 Å². The highest BCUT2D eigenvalue weighted by Crippen LogP contribution is 2.26. The summed E-state index contributed by atoms with van der Waals surface area (Å²) in [6, 6.07) is 0. The van der Waals surface area contributed by atoms with E-state index in [0.717, 1.165) is 25.7 Å². The molecule has 0 fully saturated rings. The van der Waals surface area contributed by atoms with Crippen molar-refractivity contribution >= 4 is 14.0 Å². The number of ether oxygens (including phenoxy) is 1. The predicted molar refractivity (Wildman–Crippen MR) is 101 cm³/mol. The molecule has 4 nitrogen and oxygen atoms in total. The predicted octanol–water partition coefficient (Wildman–Crippen LogP) is 6.11. The minimum atomic E-state index is -1.76. The van der Waals surface area contributed by atoms with Crippen LogP contribution in [-0.2, 0) is 18.6 Å². The highest BCUT2D eigenvalue weighted by molar-refractivity contribution is 7.39. The first-order chi connectivity index (χ1) is 11.6. The molecule has 3 unspecified atom stereocenters. The van der Waals surface area contributed by atoms with E-state index in [1.807, 2.05) is 0 Å². The Kier molecular flexibility index (Phi) is 15.7. The van der Waals surface area contributed by atoms with Gasteiger partial charge in [-0.1, -0.05) is 66.2 Å². The number of rotatable bonds is 16. The third-order valence-electron chi connectivity index (χ3n) is 4.52. The van der Waals surface area contributed by atoms with Crippen LogP contribution < -0.4 is 0 Å². The summed E-state index contributed by atoms with van der Waals surface area (Å²) in [6.07, 6.45) is 9.44. The Labute approximate surface area is 149 Å². The average molecular weight is 361 g/mol. The molecule has 0 aliphatic heterocycles. The number of carbonyl (C=O) groups excluding carboxylic acids is 1. The zero-order chi connectivity index (χ0) is 18.2. The monoisotopic (exact) mass is 361 g/mol. The Balaban J connectivity index is 3.86. The van der Waals surface area contributed by atoms with Gasteiger partial charge in [0.1, 0.15) is 6.61 Å². The molecule has 24 heavy (non-hydrogen) atoms. The van der Waals surface area contributed by atoms with E-state index < -0.39 is 8.03 Å². The van der Waals surface area contributed by atoms with Crippen LogP contribution >= 0.6 is 8.03 Å². The van der Waals surface area contributed by atoms with E-state index in [1.54, 1.807) is 0 Å². The Morgan fingerprint density at radius 1 is 0.917 bits per heavy atom. The molecule has 0 heterocycles. The topological polar surface area (TPSA) is 52.6 Å². The molecule has 0 spiro atoms. The van der Waals surface area contributed by atoms with E-state index in [1.165, 1.54) is 25.7 Å². The van der Waals surface area contributed by atoms with Crippen LogP contribution in [0.25, 0.3) is 0 Å². The van der Waals surface area contributed by atoms with Gasteiger partial charge in [-0.25, -0.2) is 0 Å². The summed E-state index contributed by atoms with van der Waals surface area (Å²) in [4.78, 5) is 11.8. The summed E-state index contributed by atoms with van der Waals surface area (Å²) >= 11 is 0. The lowest BCUT2D eigenvalue weighted by Gasteiger charge is -2.14. The van der Waals surface area contributed by atoms with Crippen LogP contribution in [0.4, 0.5) is 0 Å². The summed E-state index contributed by atoms with van der Waals surface area (Å²) in [5.74, 6) is 0.664. The first-order valence-corrected chi connectivity index (χ1v) is 11.2. The van der Waals surface area contributed by atoms with Crippen LogP contribution in [0.3, 0.4) is 0 Å². The van der Waals surface area contributed by atoms with Crippen molar-refractivity contribution in [2.45, 2.75) is 85.5 Å². The maximum Gasteiger partial charge on any atom is 0.508 e. The fraction of sp³-hybridized carbons (Fsp3) is 0.947. The second-order valence-corrected chi connectivity index (χ2v) is 7.99. The molecule has 0 radical (unpaired) electrons. The molecule has 0 N–H and O–H groups in total. The number of hydrogen-bond donors (Lipinski definition) is 0. The molecule has 0 aliphatic rings. The smallest absolute Gasteiger partial charge is 0.465 e.